The largest absolute Gasteiger partial charge is 0.320 e. The molecule has 0 amide bonds. The van der Waals surface area contributed by atoms with Gasteiger partial charge >= 0.3 is 0 Å². The smallest absolute Gasteiger partial charge is 0.147 e. The quantitative estimate of drug-likeness (QED) is 0.651. The van der Waals surface area contributed by atoms with Crippen LogP contribution in [0.3, 0.4) is 0 Å². The molecule has 0 atom stereocenters. The predicted molar refractivity (Wildman–Crippen MR) is 79.4 cm³/mol. The van der Waals surface area contributed by atoms with Crippen LogP contribution in [0.5, 0.6) is 0 Å². The number of rotatable bonds is 6. The molecule has 0 unspecified atom stereocenters. The SMILES string of the molecule is CNCCCc1nnc(-c2ccc(SC)cc2)s1. The van der Waals surface area contributed by atoms with E-state index in [2.05, 4.69) is 46.0 Å². The van der Waals surface area contributed by atoms with Crippen molar-refractivity contribution in [3.05, 3.63) is 29.3 Å². The van der Waals surface area contributed by atoms with Gasteiger partial charge in [0.2, 0.25) is 0 Å². The van der Waals surface area contributed by atoms with Gasteiger partial charge in [0.05, 0.1) is 0 Å². The van der Waals surface area contributed by atoms with E-state index in [1.54, 1.807) is 23.1 Å². The first-order valence-corrected chi connectivity index (χ1v) is 7.99. The van der Waals surface area contributed by atoms with Crippen LogP contribution in [0.15, 0.2) is 29.2 Å². The van der Waals surface area contributed by atoms with Crippen molar-refractivity contribution in [2.45, 2.75) is 17.7 Å². The molecular weight excluding hydrogens is 262 g/mol. The van der Waals surface area contributed by atoms with Crippen LogP contribution in [0.1, 0.15) is 11.4 Å². The molecule has 1 N–H and O–H groups in total. The van der Waals surface area contributed by atoms with Gasteiger partial charge in [-0.05, 0) is 38.4 Å². The summed E-state index contributed by atoms with van der Waals surface area (Å²) in [6.45, 7) is 1.03. The van der Waals surface area contributed by atoms with Crippen molar-refractivity contribution in [1.82, 2.24) is 15.5 Å². The number of benzene rings is 1. The second-order valence-electron chi connectivity index (χ2n) is 3.94. The van der Waals surface area contributed by atoms with Crippen LogP contribution in [-0.2, 0) is 6.42 Å². The molecule has 3 nitrogen and oxygen atoms in total. The fourth-order valence-electron chi connectivity index (χ4n) is 1.62. The third-order valence-electron chi connectivity index (χ3n) is 2.62. The maximum absolute atomic E-state index is 4.26. The van der Waals surface area contributed by atoms with Crippen molar-refractivity contribution >= 4 is 23.1 Å². The summed E-state index contributed by atoms with van der Waals surface area (Å²) in [7, 11) is 1.97. The third-order valence-corrected chi connectivity index (χ3v) is 4.40. The monoisotopic (exact) mass is 279 g/mol. The maximum atomic E-state index is 4.26. The lowest BCUT2D eigenvalue weighted by atomic mass is 10.2. The van der Waals surface area contributed by atoms with E-state index in [4.69, 9.17) is 0 Å². The van der Waals surface area contributed by atoms with E-state index >= 15 is 0 Å². The van der Waals surface area contributed by atoms with Crippen LogP contribution in [0.4, 0.5) is 0 Å². The lowest BCUT2D eigenvalue weighted by Gasteiger charge is -1.97. The average molecular weight is 279 g/mol. The third kappa shape index (κ3) is 3.54. The molecule has 0 aliphatic heterocycles. The van der Waals surface area contributed by atoms with Crippen molar-refractivity contribution in [2.24, 2.45) is 0 Å². The minimum atomic E-state index is 1.00. The molecular formula is C13H17N3S2. The van der Waals surface area contributed by atoms with Crippen molar-refractivity contribution in [3.8, 4) is 10.6 Å². The van der Waals surface area contributed by atoms with E-state index in [0.717, 1.165) is 35.0 Å². The molecule has 2 rings (SSSR count). The standard InChI is InChI=1S/C13H17N3S2/c1-14-9-3-4-12-15-16-13(18-12)10-5-7-11(17-2)8-6-10/h5-8,14H,3-4,9H2,1-2H3. The van der Waals surface area contributed by atoms with Crippen molar-refractivity contribution in [3.63, 3.8) is 0 Å². The van der Waals surface area contributed by atoms with Crippen molar-refractivity contribution in [2.75, 3.05) is 19.8 Å². The second kappa shape index (κ2) is 6.87. The summed E-state index contributed by atoms with van der Waals surface area (Å²) in [5.41, 5.74) is 1.16. The first-order chi connectivity index (χ1) is 8.83. The van der Waals surface area contributed by atoms with Gasteiger partial charge in [0.15, 0.2) is 0 Å². The Morgan fingerprint density at radius 3 is 2.67 bits per heavy atom. The highest BCUT2D eigenvalue weighted by atomic mass is 32.2. The molecule has 0 aliphatic carbocycles. The lowest BCUT2D eigenvalue weighted by Crippen LogP contribution is -2.08. The van der Waals surface area contributed by atoms with Crippen LogP contribution < -0.4 is 5.32 Å². The van der Waals surface area contributed by atoms with E-state index in [1.807, 2.05) is 7.05 Å². The van der Waals surface area contributed by atoms with Crippen LogP contribution in [0, 0.1) is 0 Å². The Labute approximate surface area is 116 Å². The summed E-state index contributed by atoms with van der Waals surface area (Å²) in [5, 5.41) is 13.8. The lowest BCUT2D eigenvalue weighted by molar-refractivity contribution is 0.718. The minimum Gasteiger partial charge on any atom is -0.320 e. The van der Waals surface area contributed by atoms with Crippen LogP contribution >= 0.6 is 23.1 Å². The zero-order valence-corrected chi connectivity index (χ0v) is 12.3. The van der Waals surface area contributed by atoms with E-state index in [1.165, 1.54) is 4.90 Å². The highest BCUT2D eigenvalue weighted by Gasteiger charge is 2.06. The molecule has 0 saturated heterocycles. The van der Waals surface area contributed by atoms with Gasteiger partial charge in [0.1, 0.15) is 10.0 Å². The topological polar surface area (TPSA) is 37.8 Å². The number of aromatic nitrogens is 2. The van der Waals surface area contributed by atoms with Gasteiger partial charge in [-0.1, -0.05) is 23.5 Å². The summed E-state index contributed by atoms with van der Waals surface area (Å²) >= 11 is 3.44. The average Bonchev–Trinajstić information content (AvgIpc) is 2.88. The van der Waals surface area contributed by atoms with E-state index < -0.39 is 0 Å². The molecule has 5 heteroatoms. The van der Waals surface area contributed by atoms with Gasteiger partial charge < -0.3 is 5.32 Å². The van der Waals surface area contributed by atoms with Gasteiger partial charge in [-0.3, -0.25) is 0 Å². The number of nitrogens with one attached hydrogen (secondary N) is 1. The molecule has 96 valence electrons. The van der Waals surface area contributed by atoms with Crippen molar-refractivity contribution in [1.29, 1.82) is 0 Å². The maximum Gasteiger partial charge on any atom is 0.147 e. The molecule has 0 saturated carbocycles. The Bertz CT molecular complexity index is 479. The minimum absolute atomic E-state index is 1.00. The normalized spacial score (nSPS) is 10.8. The molecule has 0 bridgehead atoms. The summed E-state index contributed by atoms with van der Waals surface area (Å²) < 4.78 is 0. The molecule has 0 aliphatic rings. The van der Waals surface area contributed by atoms with Crippen LogP contribution in [0.2, 0.25) is 0 Å². The zero-order valence-electron chi connectivity index (χ0n) is 10.6. The second-order valence-corrected chi connectivity index (χ2v) is 5.88. The molecule has 0 radical (unpaired) electrons. The molecule has 2 aromatic rings. The van der Waals surface area contributed by atoms with Gasteiger partial charge in [-0.25, -0.2) is 0 Å². The van der Waals surface area contributed by atoms with Gasteiger partial charge in [-0.15, -0.1) is 22.0 Å². The number of aryl methyl sites for hydroxylation is 1. The molecule has 18 heavy (non-hydrogen) atoms. The zero-order chi connectivity index (χ0) is 12.8. The van der Waals surface area contributed by atoms with Gasteiger partial charge in [-0.2, -0.15) is 0 Å². The first-order valence-electron chi connectivity index (χ1n) is 5.95. The summed E-state index contributed by atoms with van der Waals surface area (Å²) in [5.74, 6) is 0. The Hall–Kier alpha value is -0.910. The Morgan fingerprint density at radius 2 is 2.00 bits per heavy atom. The van der Waals surface area contributed by atoms with Gasteiger partial charge in [0.25, 0.3) is 0 Å². The molecule has 0 spiro atoms. The van der Waals surface area contributed by atoms with Crippen LogP contribution in [0.25, 0.3) is 10.6 Å². The summed E-state index contributed by atoms with van der Waals surface area (Å²) in [6, 6.07) is 8.48. The highest BCUT2D eigenvalue weighted by molar-refractivity contribution is 7.98. The molecule has 1 aromatic carbocycles. The van der Waals surface area contributed by atoms with E-state index in [0.29, 0.717) is 0 Å². The number of hydrogen-bond acceptors (Lipinski definition) is 5. The van der Waals surface area contributed by atoms with Gasteiger partial charge in [0, 0.05) is 16.9 Å². The number of nitrogens with zero attached hydrogens (tertiary/aromatic N) is 2. The number of hydrogen-bond donors (Lipinski definition) is 1. The Kier molecular flexibility index (Phi) is 5.16. The first kappa shape index (κ1) is 13.5. The fraction of sp³-hybridized carbons (Fsp3) is 0.385. The molecule has 1 heterocycles. The molecule has 1 aromatic heterocycles. The molecule has 0 fully saturated rings. The summed E-state index contributed by atoms with van der Waals surface area (Å²) in [4.78, 5) is 1.28. The summed E-state index contributed by atoms with van der Waals surface area (Å²) in [6.07, 6.45) is 4.19. The van der Waals surface area contributed by atoms with Crippen LogP contribution in [-0.4, -0.2) is 30.0 Å². The predicted octanol–water partition coefficient (Wildman–Crippen LogP) is 3.08. The Morgan fingerprint density at radius 1 is 1.22 bits per heavy atom. The fourth-order valence-corrected chi connectivity index (χ4v) is 2.92. The van der Waals surface area contributed by atoms with E-state index in [9.17, 15) is 0 Å². The number of thioether (sulfide) groups is 1. The Balaban J connectivity index is 2.04. The van der Waals surface area contributed by atoms with E-state index in [-0.39, 0.29) is 0 Å². The highest BCUT2D eigenvalue weighted by Crippen LogP contribution is 2.26. The van der Waals surface area contributed by atoms with Crippen molar-refractivity contribution < 1.29 is 0 Å².